The summed E-state index contributed by atoms with van der Waals surface area (Å²) >= 11 is 0. The topological polar surface area (TPSA) is 48.5 Å². The fraction of sp³-hybridized carbons (Fsp3) is 0.0500. The monoisotopic (exact) mass is 829 g/mol. The van der Waals surface area contributed by atoms with E-state index < -0.39 is 0 Å². The molecule has 0 unspecified atom stereocenters. The predicted molar refractivity (Wildman–Crippen MR) is 269 cm³/mol. The number of fused-ring (bicyclic) bond motifs is 16. The molecule has 1 aliphatic rings. The molecule has 3 heterocycles. The summed E-state index contributed by atoms with van der Waals surface area (Å²) in [7, 11) is 0. The van der Waals surface area contributed by atoms with Crippen LogP contribution in [-0.4, -0.2) is 24.1 Å². The second-order valence-corrected chi connectivity index (χ2v) is 18.0. The van der Waals surface area contributed by atoms with Gasteiger partial charge in [-0.15, -0.1) is 0 Å². The highest BCUT2D eigenvalue weighted by molar-refractivity contribution is 6.27. The Bertz CT molecular complexity index is 4120. The molecule has 5 nitrogen and oxygen atoms in total. The molecule has 14 rings (SSSR count). The van der Waals surface area contributed by atoms with Crippen molar-refractivity contribution in [3.8, 4) is 45.5 Å². The molecule has 10 aromatic carbocycles. The third-order valence-electron chi connectivity index (χ3n) is 14.2. The molecule has 0 saturated heterocycles. The Hall–Kier alpha value is -8.41. The van der Waals surface area contributed by atoms with E-state index in [1.807, 2.05) is 18.2 Å². The number of benzene rings is 10. The van der Waals surface area contributed by atoms with E-state index in [0.717, 1.165) is 49.7 Å². The first-order valence-corrected chi connectivity index (χ1v) is 22.4. The lowest BCUT2D eigenvalue weighted by Gasteiger charge is -2.21. The van der Waals surface area contributed by atoms with Crippen LogP contribution in [0.2, 0.25) is 0 Å². The summed E-state index contributed by atoms with van der Waals surface area (Å²) in [6, 6.07) is 72.4. The molecule has 0 aliphatic heterocycles. The molecule has 0 amide bonds. The van der Waals surface area contributed by atoms with E-state index in [-0.39, 0.29) is 5.41 Å². The zero-order valence-corrected chi connectivity index (χ0v) is 35.8. The number of para-hydroxylation sites is 2. The Morgan fingerprint density at radius 2 is 0.831 bits per heavy atom. The van der Waals surface area contributed by atoms with Crippen LogP contribution in [0.25, 0.3) is 121 Å². The summed E-state index contributed by atoms with van der Waals surface area (Å²) in [5.41, 5.74) is 12.3. The zero-order chi connectivity index (χ0) is 43.0. The number of hydrogen-bond donors (Lipinski definition) is 0. The summed E-state index contributed by atoms with van der Waals surface area (Å²) in [5.74, 6) is 1.83. The fourth-order valence-electron chi connectivity index (χ4n) is 11.2. The van der Waals surface area contributed by atoms with Crippen molar-refractivity contribution in [2.75, 3.05) is 0 Å². The molecular weight excluding hydrogens is 791 g/mol. The summed E-state index contributed by atoms with van der Waals surface area (Å²) in [5, 5.41) is 12.1. The first-order chi connectivity index (χ1) is 32.0. The molecule has 0 saturated carbocycles. The van der Waals surface area contributed by atoms with Gasteiger partial charge in [0.15, 0.2) is 11.6 Å². The lowest BCUT2D eigenvalue weighted by molar-refractivity contribution is 0.660. The van der Waals surface area contributed by atoms with Crippen molar-refractivity contribution in [1.82, 2.24) is 24.1 Å². The molecule has 0 N–H and O–H groups in total. The molecule has 0 fully saturated rings. The van der Waals surface area contributed by atoms with Crippen LogP contribution in [-0.2, 0) is 5.41 Å². The standard InChI is InChI=1S/C60H39N5/c1-60(2)51-25-13-10-22-44(51)45-30-28-37(34-52(45)60)58-61-57(36-16-4-3-5-17-36)62-59(63-58)65-54-27-15-12-24-47(54)49-33-32-48-46-23-11-14-26-53(46)64(55(48)56(49)65)38-29-31-43-41-20-7-6-18-39(41)40-19-8-9-21-42(40)50(43)35-38/h3-35H,1-2H3. The van der Waals surface area contributed by atoms with Crippen LogP contribution in [0.3, 0.4) is 0 Å². The number of aromatic nitrogens is 5. The highest BCUT2D eigenvalue weighted by atomic mass is 15.2. The molecular formula is C60H39N5. The van der Waals surface area contributed by atoms with E-state index in [9.17, 15) is 0 Å². The lowest BCUT2D eigenvalue weighted by Crippen LogP contribution is -2.15. The van der Waals surface area contributed by atoms with Gasteiger partial charge in [-0.25, -0.2) is 4.98 Å². The zero-order valence-electron chi connectivity index (χ0n) is 35.8. The van der Waals surface area contributed by atoms with Gasteiger partial charge < -0.3 is 4.57 Å². The van der Waals surface area contributed by atoms with Crippen LogP contribution < -0.4 is 0 Å². The van der Waals surface area contributed by atoms with Crippen molar-refractivity contribution < 1.29 is 0 Å². The van der Waals surface area contributed by atoms with Crippen molar-refractivity contribution in [2.24, 2.45) is 0 Å². The molecule has 0 bridgehead atoms. The van der Waals surface area contributed by atoms with Crippen LogP contribution in [0.15, 0.2) is 200 Å². The maximum Gasteiger partial charge on any atom is 0.238 e. The third kappa shape index (κ3) is 5.06. The van der Waals surface area contributed by atoms with Crippen LogP contribution in [0.4, 0.5) is 0 Å². The highest BCUT2D eigenvalue weighted by Crippen LogP contribution is 2.50. The Labute approximate surface area is 374 Å². The van der Waals surface area contributed by atoms with Gasteiger partial charge >= 0.3 is 0 Å². The maximum absolute atomic E-state index is 5.49. The van der Waals surface area contributed by atoms with Gasteiger partial charge in [0.05, 0.1) is 22.1 Å². The van der Waals surface area contributed by atoms with Crippen LogP contribution in [0.1, 0.15) is 25.0 Å². The molecule has 1 aliphatic carbocycles. The van der Waals surface area contributed by atoms with Crippen molar-refractivity contribution >= 4 is 75.9 Å². The Kier molecular flexibility index (Phi) is 7.39. The molecule has 13 aromatic rings. The Morgan fingerprint density at radius 1 is 0.338 bits per heavy atom. The largest absolute Gasteiger partial charge is 0.307 e. The van der Waals surface area contributed by atoms with E-state index in [1.165, 1.54) is 65.3 Å². The SMILES string of the molecule is CC1(C)c2ccccc2-c2ccc(-c3nc(-c4ccccc4)nc(-n4c5ccccc5c5ccc6c7ccccc7n(-c7ccc8c9ccccc9c9ccccc9c8c7)c6c54)n3)cc21. The number of hydrogen-bond acceptors (Lipinski definition) is 3. The van der Waals surface area contributed by atoms with E-state index >= 15 is 0 Å². The van der Waals surface area contributed by atoms with Gasteiger partial charge in [0, 0.05) is 43.8 Å². The average Bonchev–Trinajstić information content (AvgIpc) is 3.97. The minimum atomic E-state index is -0.173. The molecule has 0 spiro atoms. The van der Waals surface area contributed by atoms with Crippen LogP contribution in [0, 0.1) is 0 Å². The molecule has 3 aromatic heterocycles. The average molecular weight is 830 g/mol. The van der Waals surface area contributed by atoms with Crippen molar-refractivity contribution in [3.63, 3.8) is 0 Å². The Morgan fingerprint density at radius 3 is 1.51 bits per heavy atom. The minimum Gasteiger partial charge on any atom is -0.307 e. The first kappa shape index (κ1) is 36.1. The van der Waals surface area contributed by atoms with E-state index in [2.05, 4.69) is 205 Å². The summed E-state index contributed by atoms with van der Waals surface area (Å²) in [6.07, 6.45) is 0. The van der Waals surface area contributed by atoms with E-state index in [0.29, 0.717) is 17.6 Å². The first-order valence-electron chi connectivity index (χ1n) is 22.4. The van der Waals surface area contributed by atoms with Crippen molar-refractivity contribution in [2.45, 2.75) is 19.3 Å². The van der Waals surface area contributed by atoms with E-state index in [4.69, 9.17) is 15.0 Å². The third-order valence-corrected chi connectivity index (χ3v) is 14.2. The van der Waals surface area contributed by atoms with Gasteiger partial charge in [0.2, 0.25) is 5.95 Å². The quantitative estimate of drug-likeness (QED) is 0.166. The molecule has 304 valence electrons. The summed E-state index contributed by atoms with van der Waals surface area (Å²) < 4.78 is 4.75. The summed E-state index contributed by atoms with van der Waals surface area (Å²) in [4.78, 5) is 16.2. The van der Waals surface area contributed by atoms with Gasteiger partial charge in [-0.1, -0.05) is 184 Å². The van der Waals surface area contributed by atoms with Crippen LogP contribution >= 0.6 is 0 Å². The van der Waals surface area contributed by atoms with Gasteiger partial charge in [0.25, 0.3) is 0 Å². The molecule has 5 heteroatoms. The smallest absolute Gasteiger partial charge is 0.238 e. The maximum atomic E-state index is 5.49. The molecule has 0 atom stereocenters. The van der Waals surface area contributed by atoms with Crippen molar-refractivity contribution in [3.05, 3.63) is 211 Å². The van der Waals surface area contributed by atoms with Gasteiger partial charge in [-0.2, -0.15) is 9.97 Å². The van der Waals surface area contributed by atoms with Gasteiger partial charge in [-0.3, -0.25) is 4.57 Å². The van der Waals surface area contributed by atoms with E-state index in [1.54, 1.807) is 0 Å². The molecule has 65 heavy (non-hydrogen) atoms. The highest BCUT2D eigenvalue weighted by Gasteiger charge is 2.35. The number of nitrogens with zero attached hydrogens (tertiary/aromatic N) is 5. The second-order valence-electron chi connectivity index (χ2n) is 18.0. The minimum absolute atomic E-state index is 0.173. The van der Waals surface area contributed by atoms with Gasteiger partial charge in [0.1, 0.15) is 0 Å². The van der Waals surface area contributed by atoms with Gasteiger partial charge in [-0.05, 0) is 84.9 Å². The van der Waals surface area contributed by atoms with Crippen molar-refractivity contribution in [1.29, 1.82) is 0 Å². The fourth-order valence-corrected chi connectivity index (χ4v) is 11.2. The molecule has 0 radical (unpaired) electrons. The Balaban J connectivity index is 1.09. The summed E-state index contributed by atoms with van der Waals surface area (Å²) in [6.45, 7) is 4.64. The normalized spacial score (nSPS) is 13.2. The lowest BCUT2D eigenvalue weighted by atomic mass is 9.82. The van der Waals surface area contributed by atoms with Crippen LogP contribution in [0.5, 0.6) is 0 Å². The second kappa shape index (κ2) is 13.3. The predicted octanol–water partition coefficient (Wildman–Crippen LogP) is 15.2. The number of rotatable bonds is 4.